The fourth-order valence-corrected chi connectivity index (χ4v) is 3.26. The zero-order valence-corrected chi connectivity index (χ0v) is 17.2. The van der Waals surface area contributed by atoms with Crippen LogP contribution in [0.1, 0.15) is 15.9 Å². The molecule has 0 fully saturated rings. The van der Waals surface area contributed by atoms with Crippen LogP contribution in [0.5, 0.6) is 5.75 Å². The van der Waals surface area contributed by atoms with E-state index in [2.05, 4.69) is 10.3 Å². The van der Waals surface area contributed by atoms with Gasteiger partial charge in [0.2, 0.25) is 0 Å². The molecule has 0 saturated heterocycles. The lowest BCUT2D eigenvalue weighted by molar-refractivity contribution is 0.102. The molecule has 8 nitrogen and oxygen atoms in total. The predicted octanol–water partition coefficient (Wildman–Crippen LogP) is 2.65. The number of benzene rings is 2. The first-order chi connectivity index (χ1) is 14.9. The second kappa shape index (κ2) is 7.91. The van der Waals surface area contributed by atoms with Crippen molar-refractivity contribution in [1.82, 2.24) is 14.1 Å². The molecule has 0 aliphatic rings. The largest absolute Gasteiger partial charge is 0.497 e. The van der Waals surface area contributed by atoms with Gasteiger partial charge in [0.15, 0.2) is 5.65 Å². The van der Waals surface area contributed by atoms with Crippen molar-refractivity contribution in [3.63, 3.8) is 0 Å². The Morgan fingerprint density at radius 2 is 1.81 bits per heavy atom. The van der Waals surface area contributed by atoms with Crippen LogP contribution in [-0.4, -0.2) is 27.1 Å². The van der Waals surface area contributed by atoms with E-state index in [1.807, 2.05) is 19.1 Å². The summed E-state index contributed by atoms with van der Waals surface area (Å²) in [5, 5.41) is 2.93. The average molecular weight is 416 g/mol. The molecule has 1 N–H and O–H groups in total. The topological polar surface area (TPSA) is 95.2 Å². The van der Waals surface area contributed by atoms with Gasteiger partial charge in [0, 0.05) is 25.0 Å². The number of methoxy groups -OCH3 is 1. The van der Waals surface area contributed by atoms with E-state index in [1.165, 1.54) is 31.0 Å². The first-order valence-electron chi connectivity index (χ1n) is 9.53. The summed E-state index contributed by atoms with van der Waals surface area (Å²) in [5.74, 6) is 0.170. The SMILES string of the molecule is COc1cccc(NC(=O)c2cnc3c(c2)c(=O)n(C)c(=O)n3-c2ccc(C)cc2)c1. The van der Waals surface area contributed by atoms with Crippen LogP contribution in [0.15, 0.2) is 70.4 Å². The number of hydrogen-bond acceptors (Lipinski definition) is 5. The maximum atomic E-state index is 12.8. The highest BCUT2D eigenvalue weighted by atomic mass is 16.5. The van der Waals surface area contributed by atoms with Crippen molar-refractivity contribution in [3.05, 3.63) is 92.8 Å². The number of fused-ring (bicyclic) bond motifs is 1. The fraction of sp³-hybridized carbons (Fsp3) is 0.130. The lowest BCUT2D eigenvalue weighted by Gasteiger charge is -2.12. The molecule has 0 bridgehead atoms. The summed E-state index contributed by atoms with van der Waals surface area (Å²) in [4.78, 5) is 42.6. The van der Waals surface area contributed by atoms with Gasteiger partial charge in [-0.1, -0.05) is 23.8 Å². The Hall–Kier alpha value is -4.20. The number of hydrogen-bond donors (Lipinski definition) is 1. The third kappa shape index (κ3) is 3.71. The molecule has 0 aliphatic carbocycles. The van der Waals surface area contributed by atoms with Crippen molar-refractivity contribution < 1.29 is 9.53 Å². The van der Waals surface area contributed by atoms with Crippen LogP contribution in [0.2, 0.25) is 0 Å². The van der Waals surface area contributed by atoms with E-state index in [0.717, 1.165) is 10.1 Å². The first-order valence-corrected chi connectivity index (χ1v) is 9.53. The second-order valence-corrected chi connectivity index (χ2v) is 7.10. The van der Waals surface area contributed by atoms with Gasteiger partial charge >= 0.3 is 5.69 Å². The van der Waals surface area contributed by atoms with Crippen LogP contribution in [0, 0.1) is 6.92 Å². The molecule has 2 heterocycles. The Bertz CT molecular complexity index is 1420. The number of nitrogens with one attached hydrogen (secondary N) is 1. The quantitative estimate of drug-likeness (QED) is 0.552. The van der Waals surface area contributed by atoms with Crippen LogP contribution in [-0.2, 0) is 7.05 Å². The van der Waals surface area contributed by atoms with Crippen molar-refractivity contribution in [3.8, 4) is 11.4 Å². The highest BCUT2D eigenvalue weighted by molar-refractivity contribution is 6.05. The fourth-order valence-electron chi connectivity index (χ4n) is 3.26. The summed E-state index contributed by atoms with van der Waals surface area (Å²) in [7, 11) is 2.94. The van der Waals surface area contributed by atoms with E-state index in [4.69, 9.17) is 4.74 Å². The Balaban J connectivity index is 1.82. The van der Waals surface area contributed by atoms with E-state index in [0.29, 0.717) is 17.1 Å². The summed E-state index contributed by atoms with van der Waals surface area (Å²) >= 11 is 0. The summed E-state index contributed by atoms with van der Waals surface area (Å²) in [5.41, 5.74) is 1.51. The molecule has 1 amide bonds. The van der Waals surface area contributed by atoms with Gasteiger partial charge in [-0.3, -0.25) is 14.2 Å². The number of nitrogens with zero attached hydrogens (tertiary/aromatic N) is 3. The van der Waals surface area contributed by atoms with Gasteiger partial charge in [-0.05, 0) is 37.3 Å². The molecule has 0 unspecified atom stereocenters. The van der Waals surface area contributed by atoms with Crippen LogP contribution in [0.4, 0.5) is 5.69 Å². The van der Waals surface area contributed by atoms with Gasteiger partial charge in [-0.2, -0.15) is 0 Å². The summed E-state index contributed by atoms with van der Waals surface area (Å²) in [6, 6.07) is 15.7. The molecule has 0 spiro atoms. The number of rotatable bonds is 4. The molecule has 0 saturated carbocycles. The van der Waals surface area contributed by atoms with Crippen LogP contribution < -0.4 is 21.3 Å². The molecule has 8 heteroatoms. The number of aromatic nitrogens is 3. The normalized spacial score (nSPS) is 10.8. The number of carbonyl (C=O) groups is 1. The second-order valence-electron chi connectivity index (χ2n) is 7.10. The van der Waals surface area contributed by atoms with E-state index >= 15 is 0 Å². The minimum atomic E-state index is -0.521. The van der Waals surface area contributed by atoms with Crippen LogP contribution in [0.25, 0.3) is 16.7 Å². The lowest BCUT2D eigenvalue weighted by Crippen LogP contribution is -2.38. The summed E-state index contributed by atoms with van der Waals surface area (Å²) < 4.78 is 7.53. The molecule has 31 heavy (non-hydrogen) atoms. The van der Waals surface area contributed by atoms with Gasteiger partial charge in [-0.15, -0.1) is 0 Å². The molecule has 2 aromatic heterocycles. The maximum Gasteiger partial charge on any atom is 0.337 e. The van der Waals surface area contributed by atoms with E-state index in [1.54, 1.807) is 36.4 Å². The third-order valence-electron chi connectivity index (χ3n) is 4.97. The van der Waals surface area contributed by atoms with Gasteiger partial charge in [0.25, 0.3) is 11.5 Å². The van der Waals surface area contributed by atoms with Crippen LogP contribution >= 0.6 is 0 Å². The summed E-state index contributed by atoms with van der Waals surface area (Å²) in [6.07, 6.45) is 1.35. The molecule has 0 aliphatic heterocycles. The van der Waals surface area contributed by atoms with E-state index < -0.39 is 17.2 Å². The van der Waals surface area contributed by atoms with Gasteiger partial charge in [0.1, 0.15) is 5.75 Å². The van der Waals surface area contributed by atoms with Crippen molar-refractivity contribution >= 4 is 22.6 Å². The third-order valence-corrected chi connectivity index (χ3v) is 4.97. The Morgan fingerprint density at radius 3 is 2.52 bits per heavy atom. The number of amides is 1. The highest BCUT2D eigenvalue weighted by Crippen LogP contribution is 2.19. The number of ether oxygens (including phenoxy) is 1. The molecular formula is C23H20N4O4. The molecule has 4 rings (SSSR count). The zero-order chi connectivity index (χ0) is 22.1. The Labute approximate surface area is 177 Å². The minimum absolute atomic E-state index is 0.168. The molecule has 156 valence electrons. The Kier molecular flexibility index (Phi) is 5.12. The van der Waals surface area contributed by atoms with Crippen molar-refractivity contribution in [2.45, 2.75) is 6.92 Å². The average Bonchev–Trinajstić information content (AvgIpc) is 2.78. The standard InChI is InChI=1S/C23H20N4O4/c1-14-7-9-17(10-8-14)27-20-19(22(29)26(2)23(27)30)11-15(13-24-20)21(28)25-16-5-4-6-18(12-16)31-3/h4-13H,1-3H3,(H,25,28). The number of carbonyl (C=O) groups excluding carboxylic acids is 1. The number of pyridine rings is 1. The van der Waals surface area contributed by atoms with E-state index in [9.17, 15) is 14.4 Å². The van der Waals surface area contributed by atoms with Crippen LogP contribution in [0.3, 0.4) is 0 Å². The molecule has 4 aromatic rings. The predicted molar refractivity (Wildman–Crippen MR) is 118 cm³/mol. The molecule has 0 atom stereocenters. The smallest absolute Gasteiger partial charge is 0.337 e. The number of aryl methyl sites for hydroxylation is 1. The van der Waals surface area contributed by atoms with Crippen molar-refractivity contribution in [2.75, 3.05) is 12.4 Å². The van der Waals surface area contributed by atoms with Gasteiger partial charge < -0.3 is 10.1 Å². The minimum Gasteiger partial charge on any atom is -0.497 e. The number of anilines is 1. The monoisotopic (exact) mass is 416 g/mol. The molecule has 0 radical (unpaired) electrons. The summed E-state index contributed by atoms with van der Waals surface area (Å²) in [6.45, 7) is 1.94. The highest BCUT2D eigenvalue weighted by Gasteiger charge is 2.16. The van der Waals surface area contributed by atoms with Crippen molar-refractivity contribution in [1.29, 1.82) is 0 Å². The maximum absolute atomic E-state index is 12.8. The molecule has 2 aromatic carbocycles. The van der Waals surface area contributed by atoms with Crippen molar-refractivity contribution in [2.24, 2.45) is 7.05 Å². The Morgan fingerprint density at radius 1 is 1.06 bits per heavy atom. The van der Waals surface area contributed by atoms with E-state index in [-0.39, 0.29) is 16.6 Å². The molecular weight excluding hydrogens is 396 g/mol. The lowest BCUT2D eigenvalue weighted by atomic mass is 10.2. The van der Waals surface area contributed by atoms with Gasteiger partial charge in [0.05, 0.1) is 23.7 Å². The zero-order valence-electron chi connectivity index (χ0n) is 17.2. The van der Waals surface area contributed by atoms with Gasteiger partial charge in [-0.25, -0.2) is 14.3 Å². The first kappa shape index (κ1) is 20.1.